The predicted octanol–water partition coefficient (Wildman–Crippen LogP) is 3.61. The van der Waals surface area contributed by atoms with Gasteiger partial charge in [0.25, 0.3) is 5.78 Å². The lowest BCUT2D eigenvalue weighted by atomic mass is 9.95. The van der Waals surface area contributed by atoms with E-state index in [2.05, 4.69) is 10.2 Å². The van der Waals surface area contributed by atoms with Gasteiger partial charge in [0.2, 0.25) is 5.13 Å². The van der Waals surface area contributed by atoms with Crippen LogP contribution in [0, 0.1) is 12.7 Å². The number of aliphatic hydroxyl groups is 1. The van der Waals surface area contributed by atoms with Gasteiger partial charge >= 0.3 is 5.91 Å². The highest BCUT2D eigenvalue weighted by molar-refractivity contribution is 7.13. The van der Waals surface area contributed by atoms with Crippen LogP contribution in [0.4, 0.5) is 9.52 Å². The maximum Gasteiger partial charge on any atom is 0.301 e. The van der Waals surface area contributed by atoms with Crippen LogP contribution in [-0.2, 0) is 9.59 Å². The summed E-state index contributed by atoms with van der Waals surface area (Å²) in [5.41, 5.74) is 3.24. The van der Waals surface area contributed by atoms with Crippen molar-refractivity contribution in [3.05, 3.63) is 82.1 Å². The van der Waals surface area contributed by atoms with Gasteiger partial charge in [-0.25, -0.2) is 4.39 Å². The van der Waals surface area contributed by atoms with Crippen LogP contribution in [0.1, 0.15) is 22.7 Å². The molecule has 1 saturated heterocycles. The third kappa shape index (κ3) is 2.97. The van der Waals surface area contributed by atoms with Gasteiger partial charge in [0.15, 0.2) is 0 Å². The normalized spacial score (nSPS) is 18.6. The average Bonchev–Trinajstić information content (AvgIpc) is 3.30. The Balaban J connectivity index is 1.93. The van der Waals surface area contributed by atoms with Crippen LogP contribution in [0.25, 0.3) is 5.76 Å². The van der Waals surface area contributed by atoms with Gasteiger partial charge in [0, 0.05) is 5.56 Å². The lowest BCUT2D eigenvalue weighted by Gasteiger charge is -2.22. The van der Waals surface area contributed by atoms with Crippen molar-refractivity contribution in [2.75, 3.05) is 4.90 Å². The second-order valence-electron chi connectivity index (χ2n) is 6.31. The fourth-order valence-corrected chi connectivity index (χ4v) is 3.71. The number of benzene rings is 2. The molecule has 140 valence electrons. The first-order valence-electron chi connectivity index (χ1n) is 8.37. The van der Waals surface area contributed by atoms with Crippen LogP contribution in [0.5, 0.6) is 0 Å². The number of halogens is 1. The molecule has 0 aliphatic carbocycles. The minimum absolute atomic E-state index is 0.0735. The van der Waals surface area contributed by atoms with Gasteiger partial charge in [0.05, 0.1) is 11.6 Å². The molecule has 1 amide bonds. The summed E-state index contributed by atoms with van der Waals surface area (Å²) in [5, 5.41) is 18.7. The molecule has 2 aromatic carbocycles. The maximum atomic E-state index is 13.4. The number of rotatable bonds is 3. The largest absolute Gasteiger partial charge is 0.507 e. The van der Waals surface area contributed by atoms with Crippen LogP contribution in [0.3, 0.4) is 0 Å². The van der Waals surface area contributed by atoms with Crippen molar-refractivity contribution in [1.82, 2.24) is 10.2 Å². The van der Waals surface area contributed by atoms with Gasteiger partial charge in [-0.2, -0.15) is 0 Å². The van der Waals surface area contributed by atoms with Crippen LogP contribution in [0.2, 0.25) is 0 Å². The fraction of sp³-hybridized carbons (Fsp3) is 0.100. The standard InChI is InChI=1S/C20H14FN3O3S/c1-11-2-4-13(5-3-11)17(25)15-16(12-6-8-14(21)9-7-12)24(19(27)18(15)26)20-23-22-10-28-20/h2-10,16,25H,1H3/b17-15-. The van der Waals surface area contributed by atoms with E-state index in [0.717, 1.165) is 16.9 Å². The van der Waals surface area contributed by atoms with Gasteiger partial charge in [-0.3, -0.25) is 14.5 Å². The van der Waals surface area contributed by atoms with E-state index in [1.807, 2.05) is 6.92 Å². The van der Waals surface area contributed by atoms with E-state index in [0.29, 0.717) is 11.1 Å². The van der Waals surface area contributed by atoms with E-state index < -0.39 is 23.5 Å². The summed E-state index contributed by atoms with van der Waals surface area (Å²) in [6.07, 6.45) is 0. The first-order valence-corrected chi connectivity index (χ1v) is 9.25. The quantitative estimate of drug-likeness (QED) is 0.416. The number of amides is 1. The second-order valence-corrected chi connectivity index (χ2v) is 7.12. The Bertz CT molecular complexity index is 1080. The zero-order valence-electron chi connectivity index (χ0n) is 14.7. The maximum absolute atomic E-state index is 13.4. The molecule has 2 heterocycles. The molecule has 0 bridgehead atoms. The summed E-state index contributed by atoms with van der Waals surface area (Å²) < 4.78 is 13.4. The Labute approximate surface area is 163 Å². The number of carbonyl (C=O) groups excluding carboxylic acids is 2. The van der Waals surface area contributed by atoms with Gasteiger partial charge in [-0.1, -0.05) is 53.3 Å². The highest BCUT2D eigenvalue weighted by Crippen LogP contribution is 2.42. The van der Waals surface area contributed by atoms with Crippen LogP contribution >= 0.6 is 11.3 Å². The van der Waals surface area contributed by atoms with E-state index in [1.54, 1.807) is 24.3 Å². The van der Waals surface area contributed by atoms with Crippen LogP contribution in [-0.4, -0.2) is 27.0 Å². The summed E-state index contributed by atoms with van der Waals surface area (Å²) in [4.78, 5) is 26.8. The molecule has 1 fully saturated rings. The third-order valence-electron chi connectivity index (χ3n) is 4.51. The Morgan fingerprint density at radius 2 is 1.79 bits per heavy atom. The number of aryl methyl sites for hydroxylation is 1. The minimum atomic E-state index is -0.935. The number of hydrogen-bond acceptors (Lipinski definition) is 6. The molecule has 0 radical (unpaired) electrons. The summed E-state index contributed by atoms with van der Waals surface area (Å²) in [5.74, 6) is -2.39. The molecule has 0 spiro atoms. The number of aliphatic hydroxyl groups excluding tert-OH is 1. The third-order valence-corrected chi connectivity index (χ3v) is 5.20. The fourth-order valence-electron chi connectivity index (χ4n) is 3.13. The zero-order chi connectivity index (χ0) is 19.8. The molecule has 1 atom stereocenters. The number of carbonyl (C=O) groups is 2. The molecule has 3 aromatic rings. The van der Waals surface area contributed by atoms with E-state index in [1.165, 1.54) is 34.7 Å². The molecule has 1 N–H and O–H groups in total. The van der Waals surface area contributed by atoms with Crippen molar-refractivity contribution in [1.29, 1.82) is 0 Å². The number of nitrogens with zero attached hydrogens (tertiary/aromatic N) is 3. The number of aromatic nitrogens is 2. The topological polar surface area (TPSA) is 83.4 Å². The molecule has 0 saturated carbocycles. The van der Waals surface area contributed by atoms with Gasteiger partial charge < -0.3 is 5.11 Å². The SMILES string of the molecule is Cc1ccc(/C(O)=C2/C(=O)C(=O)N(c3nncs3)C2c2ccc(F)cc2)cc1. The molecule has 1 aliphatic rings. The van der Waals surface area contributed by atoms with Crippen molar-refractivity contribution >= 4 is 33.9 Å². The van der Waals surface area contributed by atoms with Gasteiger partial charge in [0.1, 0.15) is 17.1 Å². The van der Waals surface area contributed by atoms with E-state index in [-0.39, 0.29) is 16.5 Å². The average molecular weight is 395 g/mol. The molecular formula is C20H14FN3O3S. The molecule has 1 unspecified atom stereocenters. The number of Topliss-reactive ketones (excluding diaryl/α,β-unsaturated/α-hetero) is 1. The number of hydrogen-bond donors (Lipinski definition) is 1. The minimum Gasteiger partial charge on any atom is -0.507 e. The second kappa shape index (κ2) is 6.97. The highest BCUT2D eigenvalue weighted by atomic mass is 32.1. The van der Waals surface area contributed by atoms with Crippen LogP contribution in [0.15, 0.2) is 59.6 Å². The first kappa shape index (κ1) is 18.0. The summed E-state index contributed by atoms with van der Waals surface area (Å²) in [6.45, 7) is 1.90. The van der Waals surface area contributed by atoms with Crippen molar-refractivity contribution in [3.8, 4) is 0 Å². The molecule has 1 aliphatic heterocycles. The summed E-state index contributed by atoms with van der Waals surface area (Å²) in [7, 11) is 0. The smallest absolute Gasteiger partial charge is 0.301 e. The Kier molecular flexibility index (Phi) is 4.48. The number of ketones is 1. The highest BCUT2D eigenvalue weighted by Gasteiger charge is 2.48. The molecule has 4 rings (SSSR count). The van der Waals surface area contributed by atoms with E-state index in [9.17, 15) is 19.1 Å². The van der Waals surface area contributed by atoms with Gasteiger partial charge in [-0.05, 0) is 24.6 Å². The molecule has 6 nitrogen and oxygen atoms in total. The zero-order valence-corrected chi connectivity index (χ0v) is 15.5. The summed E-state index contributed by atoms with van der Waals surface area (Å²) >= 11 is 1.09. The Hall–Kier alpha value is -3.39. The van der Waals surface area contributed by atoms with Crippen molar-refractivity contribution in [2.45, 2.75) is 13.0 Å². The monoisotopic (exact) mass is 395 g/mol. The molecule has 1 aromatic heterocycles. The predicted molar refractivity (Wildman–Crippen MR) is 102 cm³/mol. The molecular weight excluding hydrogens is 381 g/mol. The van der Waals surface area contributed by atoms with Crippen molar-refractivity contribution < 1.29 is 19.1 Å². The van der Waals surface area contributed by atoms with Crippen molar-refractivity contribution in [2.24, 2.45) is 0 Å². The van der Waals surface area contributed by atoms with Crippen LogP contribution < -0.4 is 4.90 Å². The lowest BCUT2D eigenvalue weighted by Crippen LogP contribution is -2.29. The molecule has 8 heteroatoms. The number of anilines is 1. The van der Waals surface area contributed by atoms with E-state index in [4.69, 9.17) is 0 Å². The van der Waals surface area contributed by atoms with Gasteiger partial charge in [-0.15, -0.1) is 10.2 Å². The van der Waals surface area contributed by atoms with E-state index >= 15 is 0 Å². The Morgan fingerprint density at radius 3 is 2.39 bits per heavy atom. The van der Waals surface area contributed by atoms with Crippen molar-refractivity contribution in [3.63, 3.8) is 0 Å². The summed E-state index contributed by atoms with van der Waals surface area (Å²) in [6, 6.07) is 11.4. The Morgan fingerprint density at radius 1 is 1.11 bits per heavy atom. The lowest BCUT2D eigenvalue weighted by molar-refractivity contribution is -0.132. The first-order chi connectivity index (χ1) is 13.5. The molecule has 28 heavy (non-hydrogen) atoms.